The average molecular weight is 437 g/mol. The number of aliphatic imine (C=N–C) groups is 1. The zero-order valence-electron chi connectivity index (χ0n) is 19.3. The zero-order chi connectivity index (χ0) is 22.2. The lowest BCUT2D eigenvalue weighted by Crippen LogP contribution is -2.40. The maximum absolute atomic E-state index is 6.18. The lowest BCUT2D eigenvalue weighted by molar-refractivity contribution is 0.166. The fourth-order valence-corrected chi connectivity index (χ4v) is 4.38. The molecule has 32 heavy (non-hydrogen) atoms. The molecule has 2 aromatic rings. The van der Waals surface area contributed by atoms with E-state index in [1.165, 1.54) is 17.7 Å². The Morgan fingerprint density at radius 3 is 2.78 bits per heavy atom. The van der Waals surface area contributed by atoms with Gasteiger partial charge in [0.05, 0.1) is 13.2 Å². The highest BCUT2D eigenvalue weighted by molar-refractivity contribution is 5.79. The summed E-state index contributed by atoms with van der Waals surface area (Å²) in [6.07, 6.45) is 2.28. The van der Waals surface area contributed by atoms with Gasteiger partial charge in [-0.15, -0.1) is 0 Å². The summed E-state index contributed by atoms with van der Waals surface area (Å²) >= 11 is 0. The van der Waals surface area contributed by atoms with E-state index in [1.54, 1.807) is 0 Å². The van der Waals surface area contributed by atoms with E-state index in [-0.39, 0.29) is 0 Å². The molecule has 6 heteroatoms. The van der Waals surface area contributed by atoms with E-state index >= 15 is 0 Å². The first-order chi connectivity index (χ1) is 15.7. The van der Waals surface area contributed by atoms with Gasteiger partial charge >= 0.3 is 0 Å². The summed E-state index contributed by atoms with van der Waals surface area (Å²) in [6.45, 7) is 8.25. The van der Waals surface area contributed by atoms with Crippen LogP contribution in [0, 0.1) is 18.8 Å². The van der Waals surface area contributed by atoms with Gasteiger partial charge in [-0.2, -0.15) is 0 Å². The number of nitrogens with zero attached hydrogens (tertiary/aromatic N) is 2. The molecule has 0 radical (unpaired) electrons. The van der Waals surface area contributed by atoms with E-state index in [4.69, 9.17) is 9.47 Å². The molecule has 2 unspecified atom stereocenters. The van der Waals surface area contributed by atoms with Gasteiger partial charge in [0.2, 0.25) is 0 Å². The second-order valence-electron chi connectivity index (χ2n) is 8.89. The van der Waals surface area contributed by atoms with Gasteiger partial charge in [-0.05, 0) is 49.4 Å². The number of aryl methyl sites for hydroxylation is 1. The van der Waals surface area contributed by atoms with Gasteiger partial charge in [-0.3, -0.25) is 4.99 Å². The molecule has 0 aromatic heterocycles. The van der Waals surface area contributed by atoms with Crippen LogP contribution in [0.25, 0.3) is 0 Å². The summed E-state index contributed by atoms with van der Waals surface area (Å²) in [5, 5.41) is 6.98. The minimum Gasteiger partial charge on any atom is -0.493 e. The number of benzene rings is 2. The normalized spacial score (nSPS) is 21.1. The highest BCUT2D eigenvalue weighted by Crippen LogP contribution is 2.24. The molecule has 0 amide bonds. The highest BCUT2D eigenvalue weighted by Gasteiger charge is 2.22. The Kier molecular flexibility index (Phi) is 7.88. The van der Waals surface area contributed by atoms with Crippen molar-refractivity contribution in [1.82, 2.24) is 10.6 Å². The van der Waals surface area contributed by atoms with Crippen molar-refractivity contribution in [2.45, 2.75) is 26.3 Å². The summed E-state index contributed by atoms with van der Waals surface area (Å²) in [7, 11) is 1.83. The summed E-state index contributed by atoms with van der Waals surface area (Å²) in [5.74, 6) is 2.89. The largest absolute Gasteiger partial charge is 0.493 e. The molecule has 2 heterocycles. The van der Waals surface area contributed by atoms with Crippen molar-refractivity contribution < 1.29 is 9.47 Å². The number of nitrogens with one attached hydrogen (secondary N) is 2. The van der Waals surface area contributed by atoms with Crippen LogP contribution in [0.5, 0.6) is 5.75 Å². The minimum atomic E-state index is 0.493. The number of rotatable bonds is 8. The smallest absolute Gasteiger partial charge is 0.191 e. The molecule has 2 aromatic carbocycles. The Morgan fingerprint density at radius 1 is 1.12 bits per heavy atom. The first kappa shape index (κ1) is 22.5. The number of anilines is 1. The van der Waals surface area contributed by atoms with Crippen molar-refractivity contribution in [3.63, 3.8) is 0 Å². The highest BCUT2D eigenvalue weighted by atomic mass is 16.5. The number of guanidine groups is 1. The van der Waals surface area contributed by atoms with Gasteiger partial charge in [0.15, 0.2) is 5.96 Å². The third-order valence-electron chi connectivity index (χ3n) is 6.36. The van der Waals surface area contributed by atoms with Gasteiger partial charge in [0.1, 0.15) is 5.75 Å². The fraction of sp³-hybridized carbons (Fsp3) is 0.500. The van der Waals surface area contributed by atoms with Crippen molar-refractivity contribution >= 4 is 11.6 Å². The van der Waals surface area contributed by atoms with Crippen molar-refractivity contribution in [1.29, 1.82) is 0 Å². The van der Waals surface area contributed by atoms with Crippen molar-refractivity contribution in [2.24, 2.45) is 16.8 Å². The number of hydrogen-bond acceptors (Lipinski definition) is 4. The molecule has 6 nitrogen and oxygen atoms in total. The van der Waals surface area contributed by atoms with Crippen LogP contribution in [0.1, 0.15) is 24.0 Å². The Labute approximate surface area is 192 Å². The van der Waals surface area contributed by atoms with Crippen molar-refractivity contribution in [3.05, 3.63) is 59.7 Å². The maximum atomic E-state index is 6.18. The molecule has 0 saturated carbocycles. The van der Waals surface area contributed by atoms with Gasteiger partial charge < -0.3 is 25.0 Å². The molecule has 2 atom stereocenters. The minimum absolute atomic E-state index is 0.493. The van der Waals surface area contributed by atoms with Gasteiger partial charge in [0, 0.05) is 57.0 Å². The Morgan fingerprint density at radius 2 is 2.00 bits per heavy atom. The topological polar surface area (TPSA) is 58.1 Å². The van der Waals surface area contributed by atoms with Crippen LogP contribution in [0.15, 0.2) is 53.5 Å². The molecule has 172 valence electrons. The lowest BCUT2D eigenvalue weighted by atomic mass is 10.1. The summed E-state index contributed by atoms with van der Waals surface area (Å²) in [6, 6.07) is 17.1. The predicted molar refractivity (Wildman–Crippen MR) is 131 cm³/mol. The Balaban J connectivity index is 1.25. The van der Waals surface area contributed by atoms with Crippen molar-refractivity contribution in [3.8, 4) is 5.75 Å². The molecular weight excluding hydrogens is 400 g/mol. The molecule has 4 rings (SSSR count). The monoisotopic (exact) mass is 436 g/mol. The molecule has 2 N–H and O–H groups in total. The number of hydrogen-bond donors (Lipinski definition) is 2. The van der Waals surface area contributed by atoms with E-state index in [0.29, 0.717) is 25.0 Å². The third kappa shape index (κ3) is 6.16. The van der Waals surface area contributed by atoms with E-state index in [2.05, 4.69) is 76.0 Å². The molecule has 2 aliphatic heterocycles. The predicted octanol–water partition coefficient (Wildman–Crippen LogP) is 3.60. The van der Waals surface area contributed by atoms with E-state index in [9.17, 15) is 0 Å². The zero-order valence-corrected chi connectivity index (χ0v) is 19.3. The Bertz CT molecular complexity index is 881. The lowest BCUT2D eigenvalue weighted by Gasteiger charge is -2.20. The van der Waals surface area contributed by atoms with Gasteiger partial charge in [0.25, 0.3) is 0 Å². The van der Waals surface area contributed by atoms with Crippen LogP contribution < -0.4 is 20.3 Å². The van der Waals surface area contributed by atoms with Crippen LogP contribution in [0.4, 0.5) is 5.69 Å². The van der Waals surface area contributed by atoms with E-state index in [1.807, 2.05) is 7.05 Å². The van der Waals surface area contributed by atoms with Gasteiger partial charge in [-0.1, -0.05) is 30.3 Å². The van der Waals surface area contributed by atoms with Gasteiger partial charge in [-0.25, -0.2) is 0 Å². The molecular formula is C26H36N4O2. The Hall–Kier alpha value is -2.73. The second-order valence-corrected chi connectivity index (χ2v) is 8.89. The fourth-order valence-electron chi connectivity index (χ4n) is 4.38. The molecule has 0 bridgehead atoms. The van der Waals surface area contributed by atoms with Crippen molar-refractivity contribution in [2.75, 3.05) is 51.4 Å². The molecule has 2 saturated heterocycles. The van der Waals surface area contributed by atoms with Crippen LogP contribution in [-0.2, 0) is 11.3 Å². The summed E-state index contributed by atoms with van der Waals surface area (Å²) < 4.78 is 11.7. The molecule has 0 spiro atoms. The van der Waals surface area contributed by atoms with Crippen LogP contribution in [0.3, 0.4) is 0 Å². The van der Waals surface area contributed by atoms with E-state index in [0.717, 1.165) is 56.5 Å². The number of para-hydroxylation sites is 1. The van der Waals surface area contributed by atoms with Crippen LogP contribution >= 0.6 is 0 Å². The first-order valence-corrected chi connectivity index (χ1v) is 11.8. The number of ether oxygens (including phenoxy) is 2. The standard InChI is InChI=1S/C26H36N4O2/c1-20-8-9-23(25(14-20)32-19-22-11-13-31-18-22)16-29-26(27-2)28-15-21-10-12-30(17-21)24-6-4-3-5-7-24/h3-9,14,21-22H,10-13,15-19H2,1-2H3,(H2,27,28,29). The molecule has 2 aliphatic rings. The second kappa shape index (κ2) is 11.2. The third-order valence-corrected chi connectivity index (χ3v) is 6.36. The molecule has 0 aliphatic carbocycles. The first-order valence-electron chi connectivity index (χ1n) is 11.8. The van der Waals surface area contributed by atoms with Crippen LogP contribution in [0.2, 0.25) is 0 Å². The average Bonchev–Trinajstić information content (AvgIpc) is 3.52. The molecule has 2 fully saturated rings. The quantitative estimate of drug-likeness (QED) is 0.489. The summed E-state index contributed by atoms with van der Waals surface area (Å²) in [4.78, 5) is 6.89. The maximum Gasteiger partial charge on any atom is 0.191 e. The SMILES string of the molecule is CN=C(NCc1ccc(C)cc1OCC1CCOC1)NCC1CCN(c2ccccc2)C1. The van der Waals surface area contributed by atoms with E-state index < -0.39 is 0 Å². The summed E-state index contributed by atoms with van der Waals surface area (Å²) in [5.41, 5.74) is 3.67. The van der Waals surface area contributed by atoms with Crippen LogP contribution in [-0.4, -0.2) is 52.5 Å².